The largest absolute Gasteiger partial charge is 0.339 e. The second kappa shape index (κ2) is 4.27. The third kappa shape index (κ3) is 1.74. The lowest BCUT2D eigenvalue weighted by Crippen LogP contribution is -2.50. The molecule has 0 spiro atoms. The zero-order chi connectivity index (χ0) is 17.8. The molecule has 3 saturated carbocycles. The smallest absolute Gasteiger partial charge is 0.230 e. The van der Waals surface area contributed by atoms with Gasteiger partial charge in [0.2, 0.25) is 5.91 Å². The van der Waals surface area contributed by atoms with Crippen molar-refractivity contribution in [3.8, 4) is 0 Å². The van der Waals surface area contributed by atoms with Gasteiger partial charge in [-0.1, -0.05) is 41.5 Å². The Hall–Kier alpha value is -0.860. The molecule has 4 atom stereocenters. The van der Waals surface area contributed by atoms with Crippen LogP contribution < -0.4 is 0 Å². The highest BCUT2D eigenvalue weighted by molar-refractivity contribution is 5.99. The zero-order valence-electron chi connectivity index (χ0n) is 16.3. The molecule has 3 heteroatoms. The molecule has 0 aromatic heterocycles. The Kier molecular flexibility index (Phi) is 2.95. The number of carbonyl (C=O) groups is 2. The Morgan fingerprint density at radius 2 is 1.71 bits per heavy atom. The molecule has 1 aliphatic heterocycles. The van der Waals surface area contributed by atoms with Gasteiger partial charge in [0.25, 0.3) is 0 Å². The topological polar surface area (TPSA) is 37.4 Å². The fourth-order valence-electron chi connectivity index (χ4n) is 7.31. The molecule has 0 unspecified atom stereocenters. The molecular weight excluding hydrogens is 298 g/mol. The van der Waals surface area contributed by atoms with Gasteiger partial charge in [-0.15, -0.1) is 0 Å². The summed E-state index contributed by atoms with van der Waals surface area (Å²) >= 11 is 0. The molecule has 1 amide bonds. The van der Waals surface area contributed by atoms with Gasteiger partial charge in [0.1, 0.15) is 5.78 Å². The Bertz CT molecular complexity index is 636. The molecule has 0 radical (unpaired) electrons. The molecule has 3 nitrogen and oxygen atoms in total. The van der Waals surface area contributed by atoms with Crippen molar-refractivity contribution in [2.45, 2.75) is 86.1 Å². The molecule has 4 rings (SSSR count). The molecule has 0 aromatic rings. The summed E-state index contributed by atoms with van der Waals surface area (Å²) in [7, 11) is 0. The Labute approximate surface area is 146 Å². The monoisotopic (exact) mass is 331 g/mol. The van der Waals surface area contributed by atoms with E-state index in [1.807, 2.05) is 0 Å². The van der Waals surface area contributed by atoms with Crippen molar-refractivity contribution in [2.24, 2.45) is 27.1 Å². The number of carbonyl (C=O) groups excluding carboxylic acids is 2. The molecule has 24 heavy (non-hydrogen) atoms. The molecule has 0 N–H and O–H groups in total. The van der Waals surface area contributed by atoms with Crippen molar-refractivity contribution in [3.05, 3.63) is 0 Å². The second-order valence-corrected chi connectivity index (χ2v) is 11.3. The first-order chi connectivity index (χ1) is 10.9. The highest BCUT2D eigenvalue weighted by Gasteiger charge is 2.73. The molecule has 4 aliphatic rings. The number of rotatable bonds is 1. The van der Waals surface area contributed by atoms with Crippen molar-refractivity contribution in [1.29, 1.82) is 0 Å². The number of likely N-dealkylation sites (tertiary alicyclic amines) is 1. The van der Waals surface area contributed by atoms with Crippen molar-refractivity contribution < 1.29 is 9.59 Å². The van der Waals surface area contributed by atoms with E-state index in [-0.39, 0.29) is 16.2 Å². The summed E-state index contributed by atoms with van der Waals surface area (Å²) in [6.07, 6.45) is 5.70. The Balaban J connectivity index is 1.70. The fourth-order valence-corrected chi connectivity index (χ4v) is 7.31. The number of hydrogen-bond acceptors (Lipinski definition) is 2. The van der Waals surface area contributed by atoms with E-state index in [1.165, 1.54) is 6.42 Å². The van der Waals surface area contributed by atoms with E-state index in [0.717, 1.165) is 32.2 Å². The lowest BCUT2D eigenvalue weighted by Gasteiger charge is -2.43. The molecule has 1 saturated heterocycles. The summed E-state index contributed by atoms with van der Waals surface area (Å²) < 4.78 is 0. The van der Waals surface area contributed by atoms with Gasteiger partial charge >= 0.3 is 0 Å². The minimum atomic E-state index is -0.448. The number of Topliss-reactive ketones (excluding diaryl/α,β-unsaturated/α-hetero) is 1. The Morgan fingerprint density at radius 1 is 1.04 bits per heavy atom. The van der Waals surface area contributed by atoms with Crippen molar-refractivity contribution >= 4 is 11.7 Å². The van der Waals surface area contributed by atoms with Crippen LogP contribution in [0.15, 0.2) is 0 Å². The fraction of sp³-hybridized carbons (Fsp3) is 0.905. The van der Waals surface area contributed by atoms with Crippen LogP contribution in [0.3, 0.4) is 0 Å². The summed E-state index contributed by atoms with van der Waals surface area (Å²) in [6.45, 7) is 14.4. The van der Waals surface area contributed by atoms with Gasteiger partial charge in [-0.3, -0.25) is 9.59 Å². The first-order valence-corrected chi connectivity index (χ1v) is 9.70. The maximum Gasteiger partial charge on any atom is 0.230 e. The van der Waals surface area contributed by atoms with E-state index in [9.17, 15) is 9.59 Å². The van der Waals surface area contributed by atoms with Gasteiger partial charge in [-0.2, -0.15) is 0 Å². The summed E-state index contributed by atoms with van der Waals surface area (Å²) in [6, 6.07) is 0.374. The lowest BCUT2D eigenvalue weighted by atomic mass is 9.64. The highest BCUT2D eigenvalue weighted by atomic mass is 16.2. The van der Waals surface area contributed by atoms with Gasteiger partial charge < -0.3 is 4.90 Å². The molecule has 0 aromatic carbocycles. The number of fused-ring (bicyclic) bond motifs is 4. The van der Waals surface area contributed by atoms with Crippen LogP contribution in [0, 0.1) is 27.1 Å². The predicted molar refractivity (Wildman–Crippen MR) is 94.4 cm³/mol. The summed E-state index contributed by atoms with van der Waals surface area (Å²) in [5.74, 6) is 0.620. The van der Waals surface area contributed by atoms with Crippen LogP contribution in [0.1, 0.15) is 80.1 Å². The number of nitrogens with zero attached hydrogens (tertiary/aromatic N) is 1. The first-order valence-electron chi connectivity index (χ1n) is 9.70. The Morgan fingerprint density at radius 3 is 2.25 bits per heavy atom. The van der Waals surface area contributed by atoms with Crippen LogP contribution in [0.2, 0.25) is 0 Å². The van der Waals surface area contributed by atoms with Crippen molar-refractivity contribution in [2.75, 3.05) is 6.54 Å². The van der Waals surface area contributed by atoms with Crippen LogP contribution in [0.4, 0.5) is 0 Å². The SMILES string of the molecule is CC1(C)C[C@@H]2C[C@](C)(CN2C(=O)[C@@]23CC[C@@](C)(C(=O)C2)C3(C)C)C1. The minimum Gasteiger partial charge on any atom is -0.339 e. The van der Waals surface area contributed by atoms with Crippen LogP contribution >= 0.6 is 0 Å². The van der Waals surface area contributed by atoms with Crippen molar-refractivity contribution in [1.82, 2.24) is 4.90 Å². The summed E-state index contributed by atoms with van der Waals surface area (Å²) in [5, 5.41) is 0. The van der Waals surface area contributed by atoms with Crippen LogP contribution in [0.25, 0.3) is 0 Å². The lowest BCUT2D eigenvalue weighted by molar-refractivity contribution is -0.149. The zero-order valence-corrected chi connectivity index (χ0v) is 16.3. The average Bonchev–Trinajstić information content (AvgIpc) is 2.86. The molecule has 1 heterocycles. The standard InChI is InChI=1S/C21H33NO2/c1-17(2)9-14-10-19(5,12-17)13-22(14)16(24)21-8-7-20(6,15(23)11-21)18(21,3)4/h14H,7-13H2,1-6H3/t14-,19+,20+,21-/m1/s1. The van der Waals surface area contributed by atoms with Crippen LogP contribution in [-0.2, 0) is 9.59 Å². The molecular formula is C21H33NO2. The summed E-state index contributed by atoms with van der Waals surface area (Å²) in [5.41, 5.74) is -0.401. The van der Waals surface area contributed by atoms with Crippen LogP contribution in [0.5, 0.6) is 0 Å². The van der Waals surface area contributed by atoms with Gasteiger partial charge in [0.05, 0.1) is 5.41 Å². The van der Waals surface area contributed by atoms with E-state index in [1.54, 1.807) is 0 Å². The maximum atomic E-state index is 13.8. The normalized spacial score (nSPS) is 48.2. The van der Waals surface area contributed by atoms with Gasteiger partial charge in [0, 0.05) is 24.4 Å². The quantitative estimate of drug-likeness (QED) is 0.722. The molecule has 4 fully saturated rings. The van der Waals surface area contributed by atoms with Gasteiger partial charge in [-0.25, -0.2) is 0 Å². The molecule has 3 aliphatic carbocycles. The predicted octanol–water partition coefficient (Wildman–Crippen LogP) is 4.20. The first kappa shape index (κ1) is 16.6. The summed E-state index contributed by atoms with van der Waals surface area (Å²) in [4.78, 5) is 28.7. The molecule has 134 valence electrons. The average molecular weight is 332 g/mol. The number of amides is 1. The number of ketones is 1. The maximum absolute atomic E-state index is 13.8. The molecule has 4 bridgehead atoms. The van der Waals surface area contributed by atoms with E-state index < -0.39 is 5.41 Å². The third-order valence-electron chi connectivity index (χ3n) is 8.79. The minimum absolute atomic E-state index is 0.221. The second-order valence-electron chi connectivity index (χ2n) is 11.3. The third-order valence-corrected chi connectivity index (χ3v) is 8.79. The van der Waals surface area contributed by atoms with Gasteiger partial charge in [-0.05, 0) is 48.3 Å². The van der Waals surface area contributed by atoms with E-state index in [4.69, 9.17) is 0 Å². The van der Waals surface area contributed by atoms with Gasteiger partial charge in [0.15, 0.2) is 0 Å². The highest BCUT2D eigenvalue weighted by Crippen LogP contribution is 2.71. The van der Waals surface area contributed by atoms with Crippen LogP contribution in [-0.4, -0.2) is 29.2 Å². The van der Waals surface area contributed by atoms with Crippen molar-refractivity contribution in [3.63, 3.8) is 0 Å². The van der Waals surface area contributed by atoms with E-state index >= 15 is 0 Å². The van der Waals surface area contributed by atoms with E-state index in [2.05, 4.69) is 46.4 Å². The van der Waals surface area contributed by atoms with E-state index in [0.29, 0.717) is 29.6 Å². The number of hydrogen-bond donors (Lipinski definition) is 0.